The Morgan fingerprint density at radius 2 is 1.97 bits per heavy atom. The molecular formula is C21H27N3O3S2. The number of anilines is 1. The van der Waals surface area contributed by atoms with Gasteiger partial charge in [-0.25, -0.2) is 13.1 Å². The third kappa shape index (κ3) is 5.82. The molecule has 8 heteroatoms. The van der Waals surface area contributed by atoms with Crippen LogP contribution in [0.1, 0.15) is 19.4 Å². The van der Waals surface area contributed by atoms with Gasteiger partial charge in [-0.1, -0.05) is 44.2 Å². The monoisotopic (exact) mass is 433 g/mol. The number of amides is 1. The first-order valence-electron chi connectivity index (χ1n) is 9.72. The molecule has 0 fully saturated rings. The summed E-state index contributed by atoms with van der Waals surface area (Å²) in [6.07, 6.45) is 0. The molecule has 3 rings (SSSR count). The Labute approximate surface area is 177 Å². The van der Waals surface area contributed by atoms with Gasteiger partial charge in [-0.3, -0.25) is 9.69 Å². The molecule has 2 N–H and O–H groups in total. The standard InChI is InChI=1S/C21H27N3O3S2/c1-3-24(14-17-7-5-4-6-8-17)12-11-22-29(26,27)18-9-10-20-19(13-18)23-21(25)16(2)15-28-20/h4-10,13,16,22H,3,11-12,14-15H2,1-2H3,(H,23,25)/t16-/m1/s1. The van der Waals surface area contributed by atoms with E-state index in [1.807, 2.05) is 25.1 Å². The van der Waals surface area contributed by atoms with E-state index in [0.717, 1.165) is 18.0 Å². The van der Waals surface area contributed by atoms with Crippen LogP contribution in [-0.4, -0.2) is 44.6 Å². The fraction of sp³-hybridized carbons (Fsp3) is 0.381. The van der Waals surface area contributed by atoms with Gasteiger partial charge in [-0.15, -0.1) is 11.8 Å². The molecule has 0 radical (unpaired) electrons. The number of sulfonamides is 1. The first-order valence-corrected chi connectivity index (χ1v) is 12.2. The van der Waals surface area contributed by atoms with Gasteiger partial charge < -0.3 is 5.32 Å². The van der Waals surface area contributed by atoms with Gasteiger partial charge in [0.2, 0.25) is 15.9 Å². The van der Waals surface area contributed by atoms with Gasteiger partial charge in [0.05, 0.1) is 10.6 Å². The minimum atomic E-state index is -3.65. The van der Waals surface area contributed by atoms with Crippen LogP contribution < -0.4 is 10.0 Å². The number of thioether (sulfide) groups is 1. The molecule has 6 nitrogen and oxygen atoms in total. The Hall–Kier alpha value is -1.87. The van der Waals surface area contributed by atoms with Crippen molar-refractivity contribution in [3.8, 4) is 0 Å². The zero-order valence-corrected chi connectivity index (χ0v) is 18.4. The molecule has 0 unspecified atom stereocenters. The van der Waals surface area contributed by atoms with Crippen molar-refractivity contribution in [1.29, 1.82) is 0 Å². The molecular weight excluding hydrogens is 406 g/mol. The van der Waals surface area contributed by atoms with Crippen LogP contribution in [0, 0.1) is 5.92 Å². The molecule has 1 aliphatic rings. The van der Waals surface area contributed by atoms with Gasteiger partial charge >= 0.3 is 0 Å². The minimum Gasteiger partial charge on any atom is -0.325 e. The van der Waals surface area contributed by atoms with E-state index in [0.29, 0.717) is 24.5 Å². The number of carbonyl (C=O) groups is 1. The lowest BCUT2D eigenvalue weighted by Crippen LogP contribution is -2.34. The SMILES string of the molecule is CCN(CCNS(=O)(=O)c1ccc2c(c1)NC(=O)[C@H](C)CS2)Cc1ccccc1. The lowest BCUT2D eigenvalue weighted by Gasteiger charge is -2.20. The summed E-state index contributed by atoms with van der Waals surface area (Å²) in [5.74, 6) is 0.478. The normalized spacial score (nSPS) is 16.9. The van der Waals surface area contributed by atoms with Gasteiger partial charge in [0.25, 0.3) is 0 Å². The first-order chi connectivity index (χ1) is 13.9. The number of carbonyl (C=O) groups excluding carboxylic acids is 1. The molecule has 1 aliphatic heterocycles. The number of nitrogens with one attached hydrogen (secondary N) is 2. The smallest absolute Gasteiger partial charge is 0.240 e. The van der Waals surface area contributed by atoms with E-state index < -0.39 is 10.0 Å². The lowest BCUT2D eigenvalue weighted by atomic mass is 10.2. The maximum absolute atomic E-state index is 12.7. The number of nitrogens with zero attached hydrogens (tertiary/aromatic N) is 1. The molecule has 156 valence electrons. The Morgan fingerprint density at radius 1 is 1.21 bits per heavy atom. The van der Waals surface area contributed by atoms with Crippen molar-refractivity contribution in [3.63, 3.8) is 0 Å². The number of hydrogen-bond acceptors (Lipinski definition) is 5. The molecule has 1 heterocycles. The maximum Gasteiger partial charge on any atom is 0.240 e. The zero-order valence-electron chi connectivity index (χ0n) is 16.7. The second-order valence-electron chi connectivity index (χ2n) is 7.11. The van der Waals surface area contributed by atoms with Crippen LogP contribution in [-0.2, 0) is 21.4 Å². The van der Waals surface area contributed by atoms with Crippen molar-refractivity contribution in [2.75, 3.05) is 30.7 Å². The largest absolute Gasteiger partial charge is 0.325 e. The number of fused-ring (bicyclic) bond motifs is 1. The van der Waals surface area contributed by atoms with Crippen molar-refractivity contribution in [1.82, 2.24) is 9.62 Å². The molecule has 0 bridgehead atoms. The second kappa shape index (κ2) is 9.75. The molecule has 1 atom stereocenters. The highest BCUT2D eigenvalue weighted by Gasteiger charge is 2.22. The Kier molecular flexibility index (Phi) is 7.34. The van der Waals surface area contributed by atoms with Crippen molar-refractivity contribution < 1.29 is 13.2 Å². The zero-order chi connectivity index (χ0) is 20.9. The molecule has 0 saturated heterocycles. The summed E-state index contributed by atoms with van der Waals surface area (Å²) in [6, 6.07) is 15.0. The fourth-order valence-corrected chi connectivity index (χ4v) is 5.12. The molecule has 0 spiro atoms. The highest BCUT2D eigenvalue weighted by molar-refractivity contribution is 7.99. The van der Waals surface area contributed by atoms with Crippen molar-refractivity contribution in [3.05, 3.63) is 54.1 Å². The van der Waals surface area contributed by atoms with Crippen LogP contribution in [0.5, 0.6) is 0 Å². The summed E-state index contributed by atoms with van der Waals surface area (Å²) in [5, 5.41) is 2.84. The molecule has 0 aliphatic carbocycles. The van der Waals surface area contributed by atoms with Crippen LogP contribution in [0.25, 0.3) is 0 Å². The molecule has 0 saturated carbocycles. The number of likely N-dealkylation sites (N-methyl/N-ethyl adjacent to an activating group) is 1. The van der Waals surface area contributed by atoms with Crippen LogP contribution >= 0.6 is 11.8 Å². The van der Waals surface area contributed by atoms with Gasteiger partial charge in [-0.05, 0) is 30.3 Å². The van der Waals surface area contributed by atoms with Crippen molar-refractivity contribution >= 4 is 33.4 Å². The Morgan fingerprint density at radius 3 is 2.69 bits per heavy atom. The van der Waals surface area contributed by atoms with E-state index in [4.69, 9.17) is 0 Å². The number of rotatable bonds is 8. The highest BCUT2D eigenvalue weighted by atomic mass is 32.2. The first kappa shape index (κ1) is 21.8. The van der Waals surface area contributed by atoms with E-state index >= 15 is 0 Å². The van der Waals surface area contributed by atoms with E-state index in [1.54, 1.807) is 30.0 Å². The Bertz CT molecular complexity index is 949. The van der Waals surface area contributed by atoms with E-state index in [2.05, 4.69) is 34.0 Å². The quantitative estimate of drug-likeness (QED) is 0.669. The van der Waals surface area contributed by atoms with Crippen LogP contribution in [0.3, 0.4) is 0 Å². The van der Waals surface area contributed by atoms with Gasteiger partial charge in [0.1, 0.15) is 0 Å². The van der Waals surface area contributed by atoms with E-state index in [9.17, 15) is 13.2 Å². The lowest BCUT2D eigenvalue weighted by molar-refractivity contribution is -0.118. The summed E-state index contributed by atoms with van der Waals surface area (Å²) >= 11 is 1.56. The average molecular weight is 434 g/mol. The topological polar surface area (TPSA) is 78.5 Å². The minimum absolute atomic E-state index is 0.0849. The third-order valence-corrected chi connectivity index (χ3v) is 7.66. The number of hydrogen-bond donors (Lipinski definition) is 2. The van der Waals surface area contributed by atoms with Gasteiger partial charge in [-0.2, -0.15) is 0 Å². The molecule has 0 aromatic heterocycles. The van der Waals surface area contributed by atoms with Crippen LogP contribution in [0.15, 0.2) is 58.3 Å². The summed E-state index contributed by atoms with van der Waals surface area (Å²) < 4.78 is 28.1. The summed E-state index contributed by atoms with van der Waals surface area (Å²) in [5.41, 5.74) is 1.76. The predicted octanol–water partition coefficient (Wildman–Crippen LogP) is 3.17. The molecule has 1 amide bonds. The fourth-order valence-electron chi connectivity index (χ4n) is 3.06. The van der Waals surface area contributed by atoms with Crippen LogP contribution in [0.4, 0.5) is 5.69 Å². The van der Waals surface area contributed by atoms with Gasteiger partial charge in [0.15, 0.2) is 0 Å². The summed E-state index contributed by atoms with van der Waals surface area (Å²) in [4.78, 5) is 15.3. The predicted molar refractivity (Wildman–Crippen MR) is 118 cm³/mol. The molecule has 2 aromatic carbocycles. The van der Waals surface area contributed by atoms with E-state index in [1.165, 1.54) is 5.56 Å². The number of benzene rings is 2. The maximum atomic E-state index is 12.7. The van der Waals surface area contributed by atoms with E-state index in [-0.39, 0.29) is 16.7 Å². The Balaban J connectivity index is 1.62. The van der Waals surface area contributed by atoms with Crippen LogP contribution in [0.2, 0.25) is 0 Å². The highest BCUT2D eigenvalue weighted by Crippen LogP contribution is 2.34. The summed E-state index contributed by atoms with van der Waals surface area (Å²) in [6.45, 7) is 6.46. The summed E-state index contributed by atoms with van der Waals surface area (Å²) in [7, 11) is -3.65. The molecule has 2 aromatic rings. The third-order valence-electron chi connectivity index (χ3n) is 4.87. The second-order valence-corrected chi connectivity index (χ2v) is 9.94. The molecule has 29 heavy (non-hydrogen) atoms. The average Bonchev–Trinajstić information content (AvgIpc) is 2.85. The van der Waals surface area contributed by atoms with Crippen molar-refractivity contribution in [2.45, 2.75) is 30.2 Å². The van der Waals surface area contributed by atoms with Gasteiger partial charge in [0, 0.05) is 36.2 Å². The van der Waals surface area contributed by atoms with Crippen molar-refractivity contribution in [2.24, 2.45) is 5.92 Å².